The van der Waals surface area contributed by atoms with Crippen LogP contribution in [0.25, 0.3) is 11.1 Å². The van der Waals surface area contributed by atoms with Gasteiger partial charge in [0.2, 0.25) is 0 Å². The van der Waals surface area contributed by atoms with Crippen molar-refractivity contribution >= 4 is 17.7 Å². The maximum atomic E-state index is 11.4. The molecule has 0 bridgehead atoms. The summed E-state index contributed by atoms with van der Waals surface area (Å²) in [5.74, 6) is 0.0402. The van der Waals surface area contributed by atoms with E-state index >= 15 is 0 Å². The van der Waals surface area contributed by atoms with Gasteiger partial charge in [-0.2, -0.15) is 0 Å². The summed E-state index contributed by atoms with van der Waals surface area (Å²) in [4.78, 5) is 12.3. The zero-order valence-electron chi connectivity index (χ0n) is 10.4. The van der Waals surface area contributed by atoms with Crippen LogP contribution in [0.5, 0.6) is 0 Å². The molecule has 2 rings (SSSR count). The second-order valence-electron chi connectivity index (χ2n) is 4.25. The molecule has 2 nitrogen and oxygen atoms in total. The minimum Gasteiger partial charge on any atom is -0.294 e. The molecule has 0 aromatic heterocycles. The third-order valence-corrected chi connectivity index (χ3v) is 3.46. The molecule has 3 heteroatoms. The number of hydrogen-bond donors (Lipinski definition) is 1. The first-order chi connectivity index (χ1) is 8.61. The average Bonchev–Trinajstić information content (AvgIpc) is 2.38. The van der Waals surface area contributed by atoms with Crippen molar-refractivity contribution in [2.45, 2.75) is 18.7 Å². The molecule has 2 aromatic carbocycles. The first-order valence-electron chi connectivity index (χ1n) is 5.70. The Kier molecular flexibility index (Phi) is 3.84. The molecule has 0 heterocycles. The summed E-state index contributed by atoms with van der Waals surface area (Å²) >= 11 is 1.11. The Morgan fingerprint density at radius 1 is 1.06 bits per heavy atom. The van der Waals surface area contributed by atoms with Crippen molar-refractivity contribution in [3.8, 4) is 11.1 Å². The molecule has 0 atom stereocenters. The van der Waals surface area contributed by atoms with E-state index in [1.54, 1.807) is 6.92 Å². The Morgan fingerprint density at radius 3 is 2.22 bits per heavy atom. The van der Waals surface area contributed by atoms with Gasteiger partial charge in [0, 0.05) is 10.5 Å². The molecular weight excluding hydrogens is 242 g/mol. The lowest BCUT2D eigenvalue weighted by atomic mass is 10.0. The monoisotopic (exact) mass is 257 g/mol. The zero-order chi connectivity index (χ0) is 13.1. The Balaban J connectivity index is 2.47. The van der Waals surface area contributed by atoms with E-state index < -0.39 is 0 Å². The van der Waals surface area contributed by atoms with Crippen LogP contribution in [0.1, 0.15) is 22.8 Å². The molecule has 0 amide bonds. The predicted molar refractivity (Wildman–Crippen MR) is 76.7 cm³/mol. The molecule has 0 aliphatic carbocycles. The predicted octanol–water partition coefficient (Wildman–Crippen LogP) is 3.83. The van der Waals surface area contributed by atoms with Crippen LogP contribution in [-0.2, 0) is 0 Å². The molecule has 0 spiro atoms. The first kappa shape index (κ1) is 12.9. The van der Waals surface area contributed by atoms with Crippen molar-refractivity contribution in [1.29, 1.82) is 0 Å². The molecule has 0 aliphatic rings. The van der Waals surface area contributed by atoms with Gasteiger partial charge in [0.25, 0.3) is 0 Å². The maximum Gasteiger partial charge on any atom is 0.160 e. The lowest BCUT2D eigenvalue weighted by Crippen LogP contribution is -1.97. The number of ketones is 1. The molecule has 2 aromatic rings. The highest BCUT2D eigenvalue weighted by molar-refractivity contribution is 7.97. The highest BCUT2D eigenvalue weighted by Gasteiger charge is 2.08. The van der Waals surface area contributed by atoms with Crippen LogP contribution >= 0.6 is 11.9 Å². The van der Waals surface area contributed by atoms with Crippen LogP contribution in [0.15, 0.2) is 47.4 Å². The quantitative estimate of drug-likeness (QED) is 0.671. The molecule has 0 unspecified atom stereocenters. The minimum atomic E-state index is 0.0402. The normalized spacial score (nSPS) is 10.4. The third kappa shape index (κ3) is 2.63. The molecule has 0 aliphatic heterocycles. The number of hydrogen-bond acceptors (Lipinski definition) is 3. The van der Waals surface area contributed by atoms with E-state index in [1.807, 2.05) is 18.2 Å². The maximum absolute atomic E-state index is 11.4. The largest absolute Gasteiger partial charge is 0.294 e. The van der Waals surface area contributed by atoms with Crippen LogP contribution in [0.3, 0.4) is 0 Å². The van der Waals surface area contributed by atoms with Crippen molar-refractivity contribution in [3.05, 3.63) is 53.6 Å². The minimum absolute atomic E-state index is 0.0402. The lowest BCUT2D eigenvalue weighted by Gasteiger charge is -2.08. The number of aryl methyl sites for hydroxylation is 1. The second kappa shape index (κ2) is 5.38. The van der Waals surface area contributed by atoms with Crippen LogP contribution in [-0.4, -0.2) is 5.78 Å². The second-order valence-corrected chi connectivity index (χ2v) is 4.93. The molecule has 0 fully saturated rings. The fraction of sp³-hybridized carbons (Fsp3) is 0.133. The number of benzene rings is 2. The molecule has 18 heavy (non-hydrogen) atoms. The smallest absolute Gasteiger partial charge is 0.160 e. The molecule has 0 radical (unpaired) electrons. The lowest BCUT2D eigenvalue weighted by molar-refractivity contribution is 0.101. The Morgan fingerprint density at radius 2 is 1.67 bits per heavy atom. The van der Waals surface area contributed by atoms with E-state index in [9.17, 15) is 4.79 Å². The van der Waals surface area contributed by atoms with E-state index in [0.29, 0.717) is 5.56 Å². The summed E-state index contributed by atoms with van der Waals surface area (Å²) in [5.41, 5.74) is 4.12. The van der Waals surface area contributed by atoms with Gasteiger partial charge < -0.3 is 0 Å². The summed E-state index contributed by atoms with van der Waals surface area (Å²) in [6.07, 6.45) is 0. The first-order valence-corrected chi connectivity index (χ1v) is 6.58. The molecular formula is C15H15NOS. The summed E-state index contributed by atoms with van der Waals surface area (Å²) in [5, 5.41) is 5.62. The van der Waals surface area contributed by atoms with E-state index in [1.165, 1.54) is 5.56 Å². The zero-order valence-corrected chi connectivity index (χ0v) is 11.3. The number of rotatable bonds is 3. The van der Waals surface area contributed by atoms with Crippen LogP contribution in [0, 0.1) is 6.92 Å². The third-order valence-electron chi connectivity index (χ3n) is 2.87. The summed E-state index contributed by atoms with van der Waals surface area (Å²) in [6.45, 7) is 3.62. The van der Waals surface area contributed by atoms with Gasteiger partial charge in [-0.25, -0.2) is 0 Å². The van der Waals surface area contributed by atoms with Crippen molar-refractivity contribution in [3.63, 3.8) is 0 Å². The number of carbonyl (C=O) groups is 1. The highest BCUT2D eigenvalue weighted by Crippen LogP contribution is 2.27. The Hall–Kier alpha value is -1.58. The van der Waals surface area contributed by atoms with Gasteiger partial charge in [-0.05, 0) is 49.1 Å². The van der Waals surface area contributed by atoms with Crippen molar-refractivity contribution in [1.82, 2.24) is 0 Å². The van der Waals surface area contributed by atoms with Gasteiger partial charge >= 0.3 is 0 Å². The molecule has 0 saturated carbocycles. The van der Waals surface area contributed by atoms with E-state index in [0.717, 1.165) is 28.0 Å². The van der Waals surface area contributed by atoms with Crippen molar-refractivity contribution in [2.24, 2.45) is 5.14 Å². The van der Waals surface area contributed by atoms with Crippen molar-refractivity contribution in [2.75, 3.05) is 0 Å². The Bertz CT molecular complexity index is 576. The van der Waals surface area contributed by atoms with E-state index in [4.69, 9.17) is 5.14 Å². The topological polar surface area (TPSA) is 43.1 Å². The van der Waals surface area contributed by atoms with Crippen molar-refractivity contribution < 1.29 is 4.79 Å². The number of nitrogens with two attached hydrogens (primary N) is 1. The molecule has 0 saturated heterocycles. The Labute approximate surface area is 111 Å². The van der Waals surface area contributed by atoms with Gasteiger partial charge in [0.05, 0.1) is 0 Å². The average molecular weight is 257 g/mol. The fourth-order valence-electron chi connectivity index (χ4n) is 1.84. The molecule has 2 N–H and O–H groups in total. The van der Waals surface area contributed by atoms with E-state index in [-0.39, 0.29) is 5.78 Å². The van der Waals surface area contributed by atoms with Gasteiger partial charge in [-0.3, -0.25) is 9.93 Å². The van der Waals surface area contributed by atoms with Crippen LogP contribution < -0.4 is 5.14 Å². The molecule has 92 valence electrons. The number of Topliss-reactive ketones (excluding diaryl/α,β-unsaturated/α-hetero) is 1. The fourth-order valence-corrected chi connectivity index (χ4v) is 2.37. The van der Waals surface area contributed by atoms with Gasteiger partial charge in [0.15, 0.2) is 5.78 Å². The van der Waals surface area contributed by atoms with Gasteiger partial charge in [-0.1, -0.05) is 35.9 Å². The van der Waals surface area contributed by atoms with Crippen LogP contribution in [0.2, 0.25) is 0 Å². The van der Waals surface area contributed by atoms with Gasteiger partial charge in [-0.15, -0.1) is 0 Å². The summed E-state index contributed by atoms with van der Waals surface area (Å²) in [7, 11) is 0. The van der Waals surface area contributed by atoms with E-state index in [2.05, 4.69) is 31.2 Å². The van der Waals surface area contributed by atoms with Gasteiger partial charge in [0.1, 0.15) is 0 Å². The highest BCUT2D eigenvalue weighted by atomic mass is 32.2. The SMILES string of the molecule is CC(=O)c1ccc(-c2ccc(C)cc2)cc1SN. The summed E-state index contributed by atoms with van der Waals surface area (Å²) < 4.78 is 0. The summed E-state index contributed by atoms with van der Waals surface area (Å²) in [6, 6.07) is 14.1. The van der Waals surface area contributed by atoms with Crippen LogP contribution in [0.4, 0.5) is 0 Å². The number of carbonyl (C=O) groups excluding carboxylic acids is 1. The standard InChI is InChI=1S/C15H15NOS/c1-10-3-5-12(6-4-10)13-7-8-14(11(2)17)15(9-13)18-16/h3-9H,16H2,1-2H3.